The van der Waals surface area contributed by atoms with Gasteiger partial charge in [-0.1, -0.05) is 82.6 Å². The van der Waals surface area contributed by atoms with E-state index in [-0.39, 0.29) is 29.9 Å². The van der Waals surface area contributed by atoms with Gasteiger partial charge in [-0.3, -0.25) is 9.59 Å². The normalized spacial score (nSPS) is 13.2. The third-order valence-corrected chi connectivity index (χ3v) is 5.87. The standard InChI is InChI=1S/C28H40N2O3/c1-8-21(4)29-27(32)24(9-2)30(18-22-14-12-13-20(3)17-22)26(31)19-33-25-16-11-10-15-23(25)28(5,6)7/h10-17,21,24H,8-9,18-19H2,1-7H3,(H,29,32)/t21-,24-/m1/s1. The van der Waals surface area contributed by atoms with Gasteiger partial charge in [-0.2, -0.15) is 0 Å². The highest BCUT2D eigenvalue weighted by atomic mass is 16.5. The van der Waals surface area contributed by atoms with Crippen LogP contribution in [0.3, 0.4) is 0 Å². The molecule has 0 radical (unpaired) electrons. The lowest BCUT2D eigenvalue weighted by atomic mass is 9.86. The third kappa shape index (κ3) is 7.62. The lowest BCUT2D eigenvalue weighted by Crippen LogP contribution is -2.51. The van der Waals surface area contributed by atoms with Crippen LogP contribution >= 0.6 is 0 Å². The number of ether oxygens (including phenoxy) is 1. The average molecular weight is 453 g/mol. The van der Waals surface area contributed by atoms with E-state index in [0.29, 0.717) is 18.7 Å². The average Bonchev–Trinajstić information content (AvgIpc) is 2.76. The van der Waals surface area contributed by atoms with Gasteiger partial charge in [0.1, 0.15) is 11.8 Å². The van der Waals surface area contributed by atoms with Crippen LogP contribution in [-0.2, 0) is 21.5 Å². The molecule has 0 aromatic heterocycles. The Morgan fingerprint density at radius 1 is 1.03 bits per heavy atom. The summed E-state index contributed by atoms with van der Waals surface area (Å²) in [5.41, 5.74) is 3.05. The van der Waals surface area contributed by atoms with Crippen molar-refractivity contribution < 1.29 is 14.3 Å². The minimum atomic E-state index is -0.562. The van der Waals surface area contributed by atoms with E-state index >= 15 is 0 Å². The van der Waals surface area contributed by atoms with E-state index in [1.54, 1.807) is 4.90 Å². The lowest BCUT2D eigenvalue weighted by Gasteiger charge is -2.32. The number of hydrogen-bond donors (Lipinski definition) is 1. The zero-order chi connectivity index (χ0) is 24.6. The van der Waals surface area contributed by atoms with Gasteiger partial charge in [-0.15, -0.1) is 0 Å². The highest BCUT2D eigenvalue weighted by molar-refractivity contribution is 5.88. The molecule has 2 aromatic rings. The Kier molecular flexibility index (Phi) is 9.51. The molecule has 0 aliphatic rings. The number of nitrogens with zero attached hydrogens (tertiary/aromatic N) is 1. The van der Waals surface area contributed by atoms with Crippen LogP contribution in [-0.4, -0.2) is 35.4 Å². The summed E-state index contributed by atoms with van der Waals surface area (Å²) < 4.78 is 6.02. The van der Waals surface area contributed by atoms with Crippen LogP contribution in [0.1, 0.15) is 71.1 Å². The Bertz CT molecular complexity index is 933. The van der Waals surface area contributed by atoms with Crippen molar-refractivity contribution in [1.82, 2.24) is 10.2 Å². The minimum absolute atomic E-state index is 0.0531. The number of para-hydroxylation sites is 1. The maximum absolute atomic E-state index is 13.4. The Hall–Kier alpha value is -2.82. The van der Waals surface area contributed by atoms with Gasteiger partial charge in [-0.05, 0) is 49.3 Å². The molecule has 180 valence electrons. The van der Waals surface area contributed by atoms with Crippen LogP contribution in [0.4, 0.5) is 0 Å². The number of benzene rings is 2. The molecule has 2 atom stereocenters. The van der Waals surface area contributed by atoms with Crippen molar-refractivity contribution >= 4 is 11.8 Å². The molecule has 0 saturated carbocycles. The van der Waals surface area contributed by atoms with Gasteiger partial charge in [0.2, 0.25) is 5.91 Å². The van der Waals surface area contributed by atoms with Gasteiger partial charge in [0.25, 0.3) is 5.91 Å². The molecule has 0 unspecified atom stereocenters. The summed E-state index contributed by atoms with van der Waals surface area (Å²) in [4.78, 5) is 28.2. The number of rotatable bonds is 10. The number of nitrogens with one attached hydrogen (secondary N) is 1. The predicted octanol–water partition coefficient (Wildman–Crippen LogP) is 5.39. The first-order valence-corrected chi connectivity index (χ1v) is 11.9. The summed E-state index contributed by atoms with van der Waals surface area (Å²) in [6.45, 7) is 14.6. The summed E-state index contributed by atoms with van der Waals surface area (Å²) in [7, 11) is 0. The molecule has 0 aliphatic carbocycles. The fraction of sp³-hybridized carbons (Fsp3) is 0.500. The van der Waals surface area contributed by atoms with Crippen molar-refractivity contribution in [3.63, 3.8) is 0 Å². The van der Waals surface area contributed by atoms with Crippen LogP contribution in [0.5, 0.6) is 5.75 Å². The Labute approximate surface area is 199 Å². The molecule has 0 spiro atoms. The van der Waals surface area contributed by atoms with Crippen molar-refractivity contribution in [3.8, 4) is 5.75 Å². The van der Waals surface area contributed by atoms with Crippen LogP contribution < -0.4 is 10.1 Å². The summed E-state index contributed by atoms with van der Waals surface area (Å²) >= 11 is 0. The zero-order valence-corrected chi connectivity index (χ0v) is 21.3. The number of carbonyl (C=O) groups excluding carboxylic acids is 2. The minimum Gasteiger partial charge on any atom is -0.483 e. The summed E-state index contributed by atoms with van der Waals surface area (Å²) in [5, 5.41) is 3.04. The van der Waals surface area contributed by atoms with Crippen LogP contribution in [0.25, 0.3) is 0 Å². The molecule has 0 heterocycles. The predicted molar refractivity (Wildman–Crippen MR) is 134 cm³/mol. The summed E-state index contributed by atoms with van der Waals surface area (Å²) in [5.74, 6) is 0.375. The van der Waals surface area contributed by atoms with E-state index in [0.717, 1.165) is 23.1 Å². The van der Waals surface area contributed by atoms with Crippen molar-refractivity contribution in [2.45, 2.75) is 85.4 Å². The number of amides is 2. The quantitative estimate of drug-likeness (QED) is 0.526. The highest BCUT2D eigenvalue weighted by Gasteiger charge is 2.30. The Morgan fingerprint density at radius 2 is 1.73 bits per heavy atom. The van der Waals surface area contributed by atoms with Gasteiger partial charge >= 0.3 is 0 Å². The molecule has 0 saturated heterocycles. The first kappa shape index (κ1) is 26.4. The first-order chi connectivity index (χ1) is 15.6. The Morgan fingerprint density at radius 3 is 2.33 bits per heavy atom. The largest absolute Gasteiger partial charge is 0.483 e. The van der Waals surface area contributed by atoms with Crippen LogP contribution in [0.15, 0.2) is 48.5 Å². The second-order valence-corrected chi connectivity index (χ2v) is 9.79. The molecule has 2 amide bonds. The second kappa shape index (κ2) is 11.9. The molecular formula is C28H40N2O3. The van der Waals surface area contributed by atoms with Gasteiger partial charge < -0.3 is 15.0 Å². The van der Waals surface area contributed by atoms with Crippen molar-refractivity contribution in [2.24, 2.45) is 0 Å². The highest BCUT2D eigenvalue weighted by Crippen LogP contribution is 2.31. The molecule has 5 heteroatoms. The molecular weight excluding hydrogens is 412 g/mol. The number of aryl methyl sites for hydroxylation is 1. The van der Waals surface area contributed by atoms with Crippen molar-refractivity contribution in [3.05, 3.63) is 65.2 Å². The van der Waals surface area contributed by atoms with E-state index in [1.807, 2.05) is 70.2 Å². The maximum atomic E-state index is 13.4. The van der Waals surface area contributed by atoms with Crippen molar-refractivity contribution in [1.29, 1.82) is 0 Å². The molecule has 0 bridgehead atoms. The van der Waals surface area contributed by atoms with Gasteiger partial charge in [-0.25, -0.2) is 0 Å². The first-order valence-electron chi connectivity index (χ1n) is 11.9. The Balaban J connectivity index is 2.28. The van der Waals surface area contributed by atoms with Crippen LogP contribution in [0, 0.1) is 6.92 Å². The van der Waals surface area contributed by atoms with E-state index in [9.17, 15) is 9.59 Å². The van der Waals surface area contributed by atoms with Gasteiger partial charge in [0.05, 0.1) is 0 Å². The molecule has 1 N–H and O–H groups in total. The fourth-order valence-corrected chi connectivity index (χ4v) is 3.80. The lowest BCUT2D eigenvalue weighted by molar-refractivity contribution is -0.143. The van der Waals surface area contributed by atoms with Crippen LogP contribution in [0.2, 0.25) is 0 Å². The van der Waals surface area contributed by atoms with Gasteiger partial charge in [0, 0.05) is 12.6 Å². The van der Waals surface area contributed by atoms with Crippen molar-refractivity contribution in [2.75, 3.05) is 6.61 Å². The third-order valence-electron chi connectivity index (χ3n) is 5.87. The number of carbonyl (C=O) groups is 2. The molecule has 0 fully saturated rings. The SMILES string of the molecule is CC[C@@H](C)NC(=O)[C@@H](CC)N(Cc1cccc(C)c1)C(=O)COc1ccccc1C(C)(C)C. The van der Waals surface area contributed by atoms with E-state index in [1.165, 1.54) is 0 Å². The summed E-state index contributed by atoms with van der Waals surface area (Å²) in [6.07, 6.45) is 1.36. The molecule has 2 aromatic carbocycles. The van der Waals surface area contributed by atoms with E-state index in [2.05, 4.69) is 32.2 Å². The van der Waals surface area contributed by atoms with Gasteiger partial charge in [0.15, 0.2) is 6.61 Å². The fourth-order valence-electron chi connectivity index (χ4n) is 3.80. The zero-order valence-electron chi connectivity index (χ0n) is 21.3. The van der Waals surface area contributed by atoms with E-state index in [4.69, 9.17) is 4.74 Å². The second-order valence-electron chi connectivity index (χ2n) is 9.79. The molecule has 2 rings (SSSR count). The molecule has 33 heavy (non-hydrogen) atoms. The van der Waals surface area contributed by atoms with E-state index < -0.39 is 6.04 Å². The molecule has 0 aliphatic heterocycles. The maximum Gasteiger partial charge on any atom is 0.261 e. The monoisotopic (exact) mass is 452 g/mol. The topological polar surface area (TPSA) is 58.6 Å². The smallest absolute Gasteiger partial charge is 0.261 e. The summed E-state index contributed by atoms with van der Waals surface area (Å²) in [6, 6.07) is 15.3. The number of hydrogen-bond acceptors (Lipinski definition) is 3. The molecule has 5 nitrogen and oxygen atoms in total.